The highest BCUT2D eigenvalue weighted by Gasteiger charge is 2.30. The van der Waals surface area contributed by atoms with E-state index in [1.807, 2.05) is 45.9 Å². The van der Waals surface area contributed by atoms with Gasteiger partial charge < -0.3 is 10.2 Å². The van der Waals surface area contributed by atoms with Crippen LogP contribution in [0.2, 0.25) is 15.1 Å². The Kier molecular flexibility index (Phi) is 8.60. The summed E-state index contributed by atoms with van der Waals surface area (Å²) in [6.45, 7) is 7.88. The first-order chi connectivity index (χ1) is 14.0. The van der Waals surface area contributed by atoms with Crippen LogP contribution in [0.1, 0.15) is 45.2 Å². The summed E-state index contributed by atoms with van der Waals surface area (Å²) < 4.78 is 0. The fraction of sp³-hybridized carbons (Fsp3) is 0.391. The second-order valence-corrected chi connectivity index (χ2v) is 9.49. The molecule has 7 heteroatoms. The van der Waals surface area contributed by atoms with E-state index in [2.05, 4.69) is 5.32 Å². The van der Waals surface area contributed by atoms with Gasteiger partial charge in [0.05, 0.1) is 16.5 Å². The number of amides is 2. The van der Waals surface area contributed by atoms with Gasteiger partial charge in [-0.2, -0.15) is 0 Å². The van der Waals surface area contributed by atoms with Crippen LogP contribution in [0.4, 0.5) is 0 Å². The molecule has 0 spiro atoms. The molecule has 1 N–H and O–H groups in total. The number of hydrogen-bond acceptors (Lipinski definition) is 2. The second kappa shape index (κ2) is 10.5. The minimum Gasteiger partial charge on any atom is -0.350 e. The van der Waals surface area contributed by atoms with Crippen LogP contribution in [0.15, 0.2) is 42.5 Å². The minimum atomic E-state index is -0.613. The molecule has 2 rings (SSSR count). The summed E-state index contributed by atoms with van der Waals surface area (Å²) in [5.41, 5.74) is 1.23. The Morgan fingerprint density at radius 2 is 1.57 bits per heavy atom. The van der Waals surface area contributed by atoms with Crippen LogP contribution >= 0.6 is 34.8 Å². The van der Waals surface area contributed by atoms with Crippen molar-refractivity contribution in [3.63, 3.8) is 0 Å². The van der Waals surface area contributed by atoms with Crippen LogP contribution in [0.3, 0.4) is 0 Å². The zero-order valence-electron chi connectivity index (χ0n) is 17.6. The molecule has 0 fully saturated rings. The van der Waals surface area contributed by atoms with Gasteiger partial charge in [0.2, 0.25) is 11.8 Å². The van der Waals surface area contributed by atoms with E-state index in [0.29, 0.717) is 21.5 Å². The average Bonchev–Trinajstić information content (AvgIpc) is 2.64. The first-order valence-electron chi connectivity index (χ1n) is 9.80. The van der Waals surface area contributed by atoms with Gasteiger partial charge in [0.25, 0.3) is 0 Å². The molecule has 0 heterocycles. The van der Waals surface area contributed by atoms with E-state index >= 15 is 0 Å². The summed E-state index contributed by atoms with van der Waals surface area (Å²) in [6, 6.07) is 11.7. The van der Waals surface area contributed by atoms with Crippen LogP contribution in [0, 0.1) is 0 Å². The topological polar surface area (TPSA) is 49.4 Å². The highest BCUT2D eigenvalue weighted by molar-refractivity contribution is 6.42. The van der Waals surface area contributed by atoms with Gasteiger partial charge in [-0.15, -0.1) is 0 Å². The predicted molar refractivity (Wildman–Crippen MR) is 124 cm³/mol. The van der Waals surface area contributed by atoms with E-state index in [1.54, 1.807) is 29.2 Å². The Labute approximate surface area is 193 Å². The van der Waals surface area contributed by atoms with Crippen LogP contribution in [0.5, 0.6) is 0 Å². The number of halogens is 3. The van der Waals surface area contributed by atoms with E-state index < -0.39 is 11.6 Å². The fourth-order valence-corrected chi connectivity index (χ4v) is 3.53. The molecular weight excluding hydrogens is 443 g/mol. The minimum absolute atomic E-state index is 0.153. The predicted octanol–water partition coefficient (Wildman–Crippen LogP) is 5.91. The van der Waals surface area contributed by atoms with Gasteiger partial charge in [0.1, 0.15) is 6.04 Å². The summed E-state index contributed by atoms with van der Waals surface area (Å²) >= 11 is 18.1. The summed E-state index contributed by atoms with van der Waals surface area (Å²) in [7, 11) is 0. The molecule has 2 aromatic carbocycles. The maximum absolute atomic E-state index is 13.3. The molecule has 0 saturated carbocycles. The van der Waals surface area contributed by atoms with Gasteiger partial charge in [0, 0.05) is 17.1 Å². The maximum Gasteiger partial charge on any atom is 0.243 e. The van der Waals surface area contributed by atoms with Gasteiger partial charge in [-0.25, -0.2) is 0 Å². The summed E-state index contributed by atoms with van der Waals surface area (Å²) in [6.07, 6.45) is 0.646. The number of carbonyl (C=O) groups is 2. The van der Waals surface area contributed by atoms with Crippen molar-refractivity contribution in [3.8, 4) is 0 Å². The molecule has 0 aliphatic heterocycles. The normalized spacial score (nSPS) is 12.4. The van der Waals surface area contributed by atoms with Crippen LogP contribution in [-0.4, -0.2) is 28.3 Å². The van der Waals surface area contributed by atoms with Crippen molar-refractivity contribution in [1.29, 1.82) is 0 Å². The fourth-order valence-electron chi connectivity index (χ4n) is 3.09. The quantitative estimate of drug-likeness (QED) is 0.548. The van der Waals surface area contributed by atoms with Crippen molar-refractivity contribution in [2.24, 2.45) is 0 Å². The molecule has 0 unspecified atom stereocenters. The molecule has 2 aromatic rings. The van der Waals surface area contributed by atoms with E-state index in [9.17, 15) is 9.59 Å². The lowest BCUT2D eigenvalue weighted by Gasteiger charge is -2.33. The van der Waals surface area contributed by atoms with Crippen molar-refractivity contribution >= 4 is 46.6 Å². The van der Waals surface area contributed by atoms with Gasteiger partial charge >= 0.3 is 0 Å². The molecule has 0 radical (unpaired) electrons. The zero-order valence-corrected chi connectivity index (χ0v) is 19.9. The third-order valence-electron chi connectivity index (χ3n) is 4.49. The van der Waals surface area contributed by atoms with Gasteiger partial charge in [0.15, 0.2) is 0 Å². The summed E-state index contributed by atoms with van der Waals surface area (Å²) in [5.74, 6) is -0.339. The van der Waals surface area contributed by atoms with Gasteiger partial charge in [-0.3, -0.25) is 9.59 Å². The molecule has 0 aliphatic rings. The lowest BCUT2D eigenvalue weighted by molar-refractivity contribution is -0.141. The lowest BCUT2D eigenvalue weighted by atomic mass is 10.0. The average molecular weight is 470 g/mol. The highest BCUT2D eigenvalue weighted by atomic mass is 35.5. The number of rotatable bonds is 7. The molecule has 0 bridgehead atoms. The largest absolute Gasteiger partial charge is 0.350 e. The smallest absolute Gasteiger partial charge is 0.243 e. The van der Waals surface area contributed by atoms with Crippen LogP contribution in [0.25, 0.3) is 0 Å². The number of nitrogens with one attached hydrogen (secondary N) is 1. The number of nitrogens with zero attached hydrogens (tertiary/aromatic N) is 1. The first kappa shape index (κ1) is 24.5. The molecule has 162 valence electrons. The SMILES string of the molecule is CC[C@H](C(=O)NC(C)(C)C)N(Cc1ccc(Cl)c(Cl)c1)C(=O)Cc1ccc(Cl)cc1. The van der Waals surface area contributed by atoms with Crippen molar-refractivity contribution in [3.05, 3.63) is 68.7 Å². The van der Waals surface area contributed by atoms with Crippen LogP contribution < -0.4 is 5.32 Å². The highest BCUT2D eigenvalue weighted by Crippen LogP contribution is 2.24. The molecule has 0 saturated heterocycles. The molecule has 0 aromatic heterocycles. The third kappa shape index (κ3) is 7.19. The Bertz CT molecular complexity index is 892. The molecule has 4 nitrogen and oxygen atoms in total. The third-order valence-corrected chi connectivity index (χ3v) is 5.48. The molecule has 30 heavy (non-hydrogen) atoms. The van der Waals surface area contributed by atoms with E-state index in [0.717, 1.165) is 11.1 Å². The Morgan fingerprint density at radius 1 is 0.967 bits per heavy atom. The molecule has 1 atom stereocenters. The number of carbonyl (C=O) groups excluding carboxylic acids is 2. The zero-order chi connectivity index (χ0) is 22.5. The standard InChI is InChI=1S/C23H27Cl3N2O2/c1-5-20(22(30)27-23(2,3)4)28(14-16-8-11-18(25)19(26)12-16)21(29)13-15-6-9-17(24)10-7-15/h6-12,20H,5,13-14H2,1-4H3,(H,27,30)/t20-/m1/s1. The summed E-state index contributed by atoms with van der Waals surface area (Å²) in [5, 5.41) is 4.44. The van der Waals surface area contributed by atoms with E-state index in [4.69, 9.17) is 34.8 Å². The van der Waals surface area contributed by atoms with Crippen molar-refractivity contribution in [2.45, 2.75) is 58.7 Å². The number of hydrogen-bond donors (Lipinski definition) is 1. The Balaban J connectivity index is 2.33. The van der Waals surface area contributed by atoms with Gasteiger partial charge in [-0.1, -0.05) is 59.9 Å². The van der Waals surface area contributed by atoms with E-state index in [-0.39, 0.29) is 24.8 Å². The van der Waals surface area contributed by atoms with Crippen molar-refractivity contribution in [2.75, 3.05) is 0 Å². The Morgan fingerprint density at radius 3 is 2.10 bits per heavy atom. The molecular formula is C23H27Cl3N2O2. The maximum atomic E-state index is 13.3. The lowest BCUT2D eigenvalue weighted by Crippen LogP contribution is -2.53. The van der Waals surface area contributed by atoms with Crippen molar-refractivity contribution < 1.29 is 9.59 Å². The monoisotopic (exact) mass is 468 g/mol. The Hall–Kier alpha value is -1.75. The van der Waals surface area contributed by atoms with E-state index in [1.165, 1.54) is 0 Å². The molecule has 0 aliphatic carbocycles. The second-order valence-electron chi connectivity index (χ2n) is 8.24. The van der Waals surface area contributed by atoms with Crippen molar-refractivity contribution in [1.82, 2.24) is 10.2 Å². The number of benzene rings is 2. The van der Waals surface area contributed by atoms with Gasteiger partial charge in [-0.05, 0) is 62.6 Å². The first-order valence-corrected chi connectivity index (χ1v) is 10.9. The molecule has 2 amide bonds. The van der Waals surface area contributed by atoms with Crippen LogP contribution in [-0.2, 0) is 22.6 Å². The summed E-state index contributed by atoms with van der Waals surface area (Å²) in [4.78, 5) is 27.9.